The maximum absolute atomic E-state index is 14.9. The molecule has 9 amide bonds. The number of benzene rings is 2. The number of carbonyl (C=O) groups excluding carboxylic acids is 9. The van der Waals surface area contributed by atoms with Gasteiger partial charge in [-0.15, -0.1) is 0 Å². The number of aliphatic hydroxyl groups excluding tert-OH is 1. The van der Waals surface area contributed by atoms with E-state index in [9.17, 15) is 87.9 Å². The molecule has 13 N–H and O–H groups in total. The summed E-state index contributed by atoms with van der Waals surface area (Å²) in [6.45, 7) is 4.66. The zero-order valence-electron chi connectivity index (χ0n) is 57.4. The van der Waals surface area contributed by atoms with Crippen LogP contribution in [-0.2, 0) is 86.0 Å². The van der Waals surface area contributed by atoms with E-state index in [0.717, 1.165) is 29.5 Å². The largest absolute Gasteiger partial charge is 0.480 e. The first-order chi connectivity index (χ1) is 48.3. The van der Waals surface area contributed by atoms with Gasteiger partial charge in [0.2, 0.25) is 53.2 Å². The van der Waals surface area contributed by atoms with Gasteiger partial charge in [0.15, 0.2) is 0 Å². The van der Waals surface area contributed by atoms with Gasteiger partial charge in [0.1, 0.15) is 42.3 Å². The molecule has 6 rings (SSSR count). The third-order valence-corrected chi connectivity index (χ3v) is 20.9. The zero-order chi connectivity index (χ0) is 73.5. The van der Waals surface area contributed by atoms with E-state index in [1.165, 1.54) is 52.0 Å². The molecule has 2 aromatic carbocycles. The molecule has 2 bridgehead atoms. The molecule has 1 unspecified atom stereocenters. The standard InChI is InChI=1S/C67H99N13O18S3/c1-3-4-6-15-55(83)70-50-41-100-39-46-30-45(38-99-29-18-69-56(84)34-75-21-23-76(35-57(85)86)25-27-78(37-59(89)90)28-26-77(24-22-75)36-58(87)88)31-47(32-46)40-101-42-51(67(97)98)73-62(92)49(33-44-11-7-5-8-12-44)72-61(91)48(16-17-54(68)82)71-64(94)60(43(2)81)74-63(93)52-13-9-19-79(52)66(96)53-14-10-20-80(53)65(50)95/h5,7-8,11-12,30-32,43,48-53,60,81H,3-4,6,9-10,13-29,33-42H2,1-2H3,(H2,68,82)(H,69,84)(H,70,83)(H,71,94)(H,72,91)(H,73,92)(H,74,93)(H,85,86)(H,87,88)(H,89,90)(H,97,98)/t43-,48?,49+,50+,51+,52+,53+,60+/m1/s1. The average molecular weight is 1470 g/mol. The van der Waals surface area contributed by atoms with Crippen molar-refractivity contribution in [2.45, 2.75) is 150 Å². The summed E-state index contributed by atoms with van der Waals surface area (Å²) in [5, 5.41) is 66.6. The molecule has 31 nitrogen and oxygen atoms in total. The van der Waals surface area contributed by atoms with E-state index in [-0.39, 0.29) is 153 Å². The van der Waals surface area contributed by atoms with Gasteiger partial charge < -0.3 is 73.0 Å². The maximum Gasteiger partial charge on any atom is 0.327 e. The summed E-state index contributed by atoms with van der Waals surface area (Å²) in [5.74, 6) is -9.44. The van der Waals surface area contributed by atoms with Gasteiger partial charge in [-0.1, -0.05) is 68.3 Å². The number of carboxylic acids is 4. The van der Waals surface area contributed by atoms with Crippen LogP contribution in [-0.4, -0.2) is 296 Å². The lowest BCUT2D eigenvalue weighted by Gasteiger charge is -2.33. The summed E-state index contributed by atoms with van der Waals surface area (Å²) < 4.78 is 0. The quantitative estimate of drug-likeness (QED) is 0.0528. The molecule has 101 heavy (non-hydrogen) atoms. The van der Waals surface area contributed by atoms with Crippen LogP contribution in [0.4, 0.5) is 0 Å². The molecule has 4 aliphatic rings. The Morgan fingerprint density at radius 1 is 0.604 bits per heavy atom. The van der Waals surface area contributed by atoms with Crippen LogP contribution in [0.5, 0.6) is 0 Å². The van der Waals surface area contributed by atoms with Crippen LogP contribution in [0.1, 0.15) is 100 Å². The number of primary amides is 1. The Bertz CT molecular complexity index is 3150. The zero-order valence-corrected chi connectivity index (χ0v) is 59.8. The van der Waals surface area contributed by atoms with Crippen LogP contribution < -0.4 is 37.6 Å². The fourth-order valence-corrected chi connectivity index (χ4v) is 15.1. The van der Waals surface area contributed by atoms with Crippen molar-refractivity contribution in [1.82, 2.24) is 61.3 Å². The van der Waals surface area contributed by atoms with Gasteiger partial charge in [-0.3, -0.25) is 77.1 Å². The molecular formula is C67H99N13O18S3. The first-order valence-corrected chi connectivity index (χ1v) is 37.7. The van der Waals surface area contributed by atoms with Crippen molar-refractivity contribution in [3.05, 3.63) is 70.8 Å². The van der Waals surface area contributed by atoms with E-state index >= 15 is 0 Å². The Kier molecular flexibility index (Phi) is 34.8. The molecule has 3 saturated heterocycles. The minimum atomic E-state index is -1.71. The number of hydrogen-bond acceptors (Lipinski definition) is 21. The fourth-order valence-electron chi connectivity index (χ4n) is 12.4. The molecule has 4 aliphatic heterocycles. The Morgan fingerprint density at radius 3 is 1.68 bits per heavy atom. The third kappa shape index (κ3) is 28.6. The third-order valence-electron chi connectivity index (χ3n) is 17.6. The number of carboxylic acid groups (broad SMARTS) is 4. The molecule has 0 aromatic heterocycles. The predicted octanol–water partition coefficient (Wildman–Crippen LogP) is -1.05. The lowest BCUT2D eigenvalue weighted by atomic mass is 10.0. The normalized spacial score (nSPS) is 23.4. The van der Waals surface area contributed by atoms with Crippen molar-refractivity contribution >= 4 is 112 Å². The van der Waals surface area contributed by atoms with E-state index in [1.54, 1.807) is 45.0 Å². The molecule has 0 spiro atoms. The van der Waals surface area contributed by atoms with Crippen LogP contribution in [0.3, 0.4) is 0 Å². The molecule has 8 atom stereocenters. The Balaban J connectivity index is 1.26. The van der Waals surface area contributed by atoms with Gasteiger partial charge in [0, 0.05) is 126 Å². The highest BCUT2D eigenvalue weighted by molar-refractivity contribution is 7.99. The predicted molar refractivity (Wildman–Crippen MR) is 378 cm³/mol. The monoisotopic (exact) mass is 1470 g/mol. The van der Waals surface area contributed by atoms with Gasteiger partial charge in [0.25, 0.3) is 0 Å². The van der Waals surface area contributed by atoms with Gasteiger partial charge in [-0.2, -0.15) is 35.3 Å². The lowest BCUT2D eigenvalue weighted by Crippen LogP contribution is -2.61. The summed E-state index contributed by atoms with van der Waals surface area (Å²) in [6.07, 6.45) is 1.06. The number of unbranched alkanes of at least 4 members (excludes halogenated alkanes) is 2. The number of rotatable bonds is 25. The molecule has 34 heteroatoms. The summed E-state index contributed by atoms with van der Waals surface area (Å²) in [4.78, 5) is 184. The molecule has 0 aliphatic carbocycles. The first kappa shape index (κ1) is 82.4. The van der Waals surface area contributed by atoms with E-state index < -0.39 is 126 Å². The minimum absolute atomic E-state index is 0.0754. The van der Waals surface area contributed by atoms with Gasteiger partial charge >= 0.3 is 23.9 Å². The van der Waals surface area contributed by atoms with Crippen LogP contribution in [0.2, 0.25) is 0 Å². The Morgan fingerprint density at radius 2 is 1.14 bits per heavy atom. The highest BCUT2D eigenvalue weighted by atomic mass is 32.2. The number of nitrogens with zero attached hydrogens (tertiary/aromatic N) is 6. The van der Waals surface area contributed by atoms with Crippen LogP contribution >= 0.6 is 35.3 Å². The minimum Gasteiger partial charge on any atom is -0.480 e. The molecule has 4 heterocycles. The van der Waals surface area contributed by atoms with E-state index in [0.29, 0.717) is 42.1 Å². The number of fused-ring (bicyclic) bond motifs is 4. The number of aliphatic hydroxyl groups is 1. The lowest BCUT2D eigenvalue weighted by molar-refractivity contribution is -0.148. The van der Waals surface area contributed by atoms with Gasteiger partial charge in [-0.05, 0) is 67.7 Å². The summed E-state index contributed by atoms with van der Waals surface area (Å²) >= 11 is 4.09. The molecule has 0 saturated carbocycles. The number of aliphatic carboxylic acids is 4. The Labute approximate surface area is 600 Å². The molecule has 3 fully saturated rings. The molecule has 558 valence electrons. The number of nitrogens with two attached hydrogens (primary N) is 1. The second kappa shape index (κ2) is 42.7. The molecule has 2 aromatic rings. The van der Waals surface area contributed by atoms with Crippen molar-refractivity contribution < 1.29 is 87.9 Å². The van der Waals surface area contributed by atoms with Gasteiger partial charge in [-0.25, -0.2) is 4.79 Å². The second-order valence-electron chi connectivity index (χ2n) is 25.8. The summed E-state index contributed by atoms with van der Waals surface area (Å²) in [7, 11) is 0. The molecule has 0 radical (unpaired) electrons. The van der Waals surface area contributed by atoms with Crippen LogP contribution in [0, 0.1) is 0 Å². The van der Waals surface area contributed by atoms with Crippen molar-refractivity contribution in [2.24, 2.45) is 5.73 Å². The van der Waals surface area contributed by atoms with E-state index in [1.807, 2.05) is 30.0 Å². The van der Waals surface area contributed by atoms with Crippen LogP contribution in [0.15, 0.2) is 48.5 Å². The summed E-state index contributed by atoms with van der Waals surface area (Å²) in [6, 6.07) is 4.89. The number of thioether (sulfide) groups is 3. The Hall–Kier alpha value is -7.60. The smallest absolute Gasteiger partial charge is 0.327 e. The number of carbonyl (C=O) groups is 13. The highest BCUT2D eigenvalue weighted by Crippen LogP contribution is 2.28. The number of amides is 9. The second-order valence-corrected chi connectivity index (χ2v) is 28.9. The average Bonchev–Trinajstić information content (AvgIpc) is 1.72. The summed E-state index contributed by atoms with van der Waals surface area (Å²) in [5.41, 5.74) is 8.51. The topological polar surface area (TPSA) is 441 Å². The first-order valence-electron chi connectivity index (χ1n) is 34.3. The molecular weight excluding hydrogens is 1370 g/mol. The van der Waals surface area contributed by atoms with Crippen molar-refractivity contribution in [3.63, 3.8) is 0 Å². The van der Waals surface area contributed by atoms with E-state index in [2.05, 4.69) is 31.9 Å². The van der Waals surface area contributed by atoms with E-state index in [4.69, 9.17) is 5.73 Å². The number of nitrogens with one attached hydrogen (secondary N) is 6. The van der Waals surface area contributed by atoms with Crippen molar-refractivity contribution in [3.8, 4) is 0 Å². The highest BCUT2D eigenvalue weighted by Gasteiger charge is 2.45. The van der Waals surface area contributed by atoms with Crippen molar-refractivity contribution in [1.29, 1.82) is 0 Å². The number of hydrogen-bond donors (Lipinski definition) is 12. The van der Waals surface area contributed by atoms with Crippen molar-refractivity contribution in [2.75, 3.05) is 115 Å². The van der Waals surface area contributed by atoms with Gasteiger partial charge in [0.05, 0.1) is 32.3 Å². The SMILES string of the molecule is CCCCCC(=O)N[C@H]1CSCc2cc(CSCCNC(=O)CN3CCN(CC(=O)O)CCN(CC(=O)O)CCN(CC(=O)O)CC3)cc(c2)CSC[C@@H](C(=O)O)NC(=O)[C@H](Cc2ccccc2)NC(=O)C(CCC(N)=O)NC(=O)[C@H]([C@@H](C)O)NC(=O)[C@@H]2CCCN2C(=O)[C@@H]2CCCN2C1=O. The fraction of sp³-hybridized carbons (Fsp3) is 0.627. The maximum atomic E-state index is 14.9. The van der Waals surface area contributed by atoms with Crippen LogP contribution in [0.25, 0.3) is 0 Å².